The Balaban J connectivity index is 0.000000603. The molecule has 4 aromatic rings. The quantitative estimate of drug-likeness (QED) is 0.146. The topological polar surface area (TPSA) is 3.24 Å². The molecule has 0 fully saturated rings. The molecule has 0 bridgehead atoms. The van der Waals surface area contributed by atoms with Crippen molar-refractivity contribution in [1.29, 1.82) is 0 Å². The second kappa shape index (κ2) is 14.8. The molecule has 0 saturated carbocycles. The first-order valence-corrected chi connectivity index (χ1v) is 14.9. The summed E-state index contributed by atoms with van der Waals surface area (Å²) in [5, 5.41) is 6.13. The second-order valence-corrected chi connectivity index (χ2v) is 13.3. The molecule has 0 N–H and O–H groups in total. The molecule has 0 spiro atoms. The number of rotatable bonds is 8. The standard InChI is InChI=1S/C25H32NP2.C5H5.Fe/c1-6-27(7-2)25-23(20(3)26(4)5)18-19-24(25)28(21-14-10-8-11-15-21)22-16-12-9-13-17-22;1-2-4-5-3-1;/h8-20H,6-7H2,1-5H3;1-5H;/q-1;-5;. The van der Waals surface area contributed by atoms with E-state index in [0.717, 1.165) is 0 Å². The van der Waals surface area contributed by atoms with Crippen molar-refractivity contribution in [3.8, 4) is 0 Å². The first kappa shape index (κ1) is 28.7. The van der Waals surface area contributed by atoms with Gasteiger partial charge in [-0.15, -0.1) is 24.1 Å². The second-order valence-electron chi connectivity index (χ2n) is 8.30. The number of benzene rings is 2. The number of hydrogen-bond donors (Lipinski definition) is 0. The predicted octanol–water partition coefficient (Wildman–Crippen LogP) is 6.34. The van der Waals surface area contributed by atoms with E-state index in [1.165, 1.54) is 28.5 Å². The molecule has 4 heteroatoms. The summed E-state index contributed by atoms with van der Waals surface area (Å²) in [4.78, 5) is 2.34. The minimum atomic E-state index is -0.536. The van der Waals surface area contributed by atoms with E-state index in [-0.39, 0.29) is 25.0 Å². The molecule has 1 nitrogen and oxygen atoms in total. The van der Waals surface area contributed by atoms with E-state index in [4.69, 9.17) is 0 Å². The Morgan fingerprint density at radius 2 is 1.18 bits per heavy atom. The van der Waals surface area contributed by atoms with E-state index >= 15 is 0 Å². The summed E-state index contributed by atoms with van der Waals surface area (Å²) < 4.78 is 0. The van der Waals surface area contributed by atoms with Crippen molar-refractivity contribution in [1.82, 2.24) is 4.90 Å². The largest absolute Gasteiger partial charge is 0.748 e. The Kier molecular flexibility index (Phi) is 12.5. The fraction of sp³-hybridized carbons (Fsp3) is 0.267. The Morgan fingerprint density at radius 3 is 1.56 bits per heavy atom. The van der Waals surface area contributed by atoms with Crippen LogP contribution in [0.2, 0.25) is 0 Å². The van der Waals surface area contributed by atoms with E-state index in [1.807, 2.05) is 30.3 Å². The van der Waals surface area contributed by atoms with Crippen LogP contribution in [0.4, 0.5) is 0 Å². The van der Waals surface area contributed by atoms with Crippen molar-refractivity contribution in [2.45, 2.75) is 26.8 Å². The van der Waals surface area contributed by atoms with Gasteiger partial charge in [0.25, 0.3) is 0 Å². The van der Waals surface area contributed by atoms with Gasteiger partial charge in [0.1, 0.15) is 0 Å². The third-order valence-corrected chi connectivity index (χ3v) is 11.4. The van der Waals surface area contributed by atoms with Crippen LogP contribution in [0.25, 0.3) is 0 Å². The molecule has 0 amide bonds. The molecule has 0 aliphatic carbocycles. The van der Waals surface area contributed by atoms with Crippen molar-refractivity contribution in [2.24, 2.45) is 0 Å². The molecule has 0 radical (unpaired) electrons. The van der Waals surface area contributed by atoms with Crippen LogP contribution in [-0.2, 0) is 17.1 Å². The average Bonchev–Trinajstić information content (AvgIpc) is 3.56. The fourth-order valence-corrected chi connectivity index (χ4v) is 9.25. The van der Waals surface area contributed by atoms with Crippen molar-refractivity contribution in [3.63, 3.8) is 0 Å². The van der Waals surface area contributed by atoms with Crippen LogP contribution >= 0.6 is 15.8 Å². The zero-order valence-electron chi connectivity index (χ0n) is 21.0. The van der Waals surface area contributed by atoms with Gasteiger partial charge in [-0.05, 0) is 51.9 Å². The molecule has 0 aliphatic heterocycles. The fourth-order valence-electron chi connectivity index (χ4n) is 4.06. The van der Waals surface area contributed by atoms with Crippen LogP contribution in [-0.4, -0.2) is 31.3 Å². The molecule has 4 aromatic carbocycles. The minimum Gasteiger partial charge on any atom is -0.748 e. The molecule has 4 rings (SSSR count). The third kappa shape index (κ3) is 7.24. The molecule has 0 heterocycles. The zero-order valence-corrected chi connectivity index (χ0v) is 23.9. The van der Waals surface area contributed by atoms with Gasteiger partial charge >= 0.3 is 0 Å². The summed E-state index contributed by atoms with van der Waals surface area (Å²) >= 11 is 0. The van der Waals surface area contributed by atoms with Crippen LogP contribution in [0.3, 0.4) is 0 Å². The van der Waals surface area contributed by atoms with Gasteiger partial charge in [-0.3, -0.25) is 0 Å². The summed E-state index contributed by atoms with van der Waals surface area (Å²) in [6.45, 7) is 7.07. The molecule has 186 valence electrons. The third-order valence-electron chi connectivity index (χ3n) is 6.07. The first-order valence-electron chi connectivity index (χ1n) is 11.9. The van der Waals surface area contributed by atoms with E-state index in [0.29, 0.717) is 6.04 Å². The Hall–Kier alpha value is -1.52. The van der Waals surface area contributed by atoms with Crippen LogP contribution < -0.4 is 21.2 Å². The van der Waals surface area contributed by atoms with Gasteiger partial charge in [-0.2, -0.15) is 0 Å². The normalized spacial score (nSPS) is 11.8. The Morgan fingerprint density at radius 1 is 0.735 bits per heavy atom. The van der Waals surface area contributed by atoms with Gasteiger partial charge in [0.15, 0.2) is 0 Å². The van der Waals surface area contributed by atoms with Gasteiger partial charge in [0, 0.05) is 23.1 Å². The summed E-state index contributed by atoms with van der Waals surface area (Å²) in [7, 11) is 3.71. The van der Waals surface area contributed by atoms with E-state index < -0.39 is 7.92 Å². The predicted molar refractivity (Wildman–Crippen MR) is 153 cm³/mol. The van der Waals surface area contributed by atoms with E-state index in [1.54, 1.807) is 10.6 Å². The van der Waals surface area contributed by atoms with Crippen molar-refractivity contribution >= 4 is 37.1 Å². The van der Waals surface area contributed by atoms with Crippen LogP contribution in [0.5, 0.6) is 0 Å². The molecule has 0 aromatic heterocycles. The first-order chi connectivity index (χ1) is 16.1. The minimum absolute atomic E-state index is 0. The van der Waals surface area contributed by atoms with Gasteiger partial charge in [0.05, 0.1) is 0 Å². The summed E-state index contributed by atoms with van der Waals surface area (Å²) in [6.07, 6.45) is 2.51. The molecular weight excluding hydrogens is 492 g/mol. The van der Waals surface area contributed by atoms with Crippen molar-refractivity contribution in [3.05, 3.63) is 109 Å². The summed E-state index contributed by atoms with van der Waals surface area (Å²) in [5.41, 5.74) is 1.54. The maximum atomic E-state index is 2.44. The zero-order chi connectivity index (χ0) is 23.6. The maximum absolute atomic E-state index is 2.44. The monoisotopic (exact) mass is 529 g/mol. The Bertz CT molecular complexity index is 981. The molecule has 1 atom stereocenters. The summed E-state index contributed by atoms with van der Waals surface area (Å²) in [5.74, 6) is 0. The molecule has 34 heavy (non-hydrogen) atoms. The smallest absolute Gasteiger partial charge is 0.00894 e. The average molecular weight is 529 g/mol. The maximum Gasteiger partial charge on any atom is 0.00894 e. The Labute approximate surface area is 220 Å². The van der Waals surface area contributed by atoms with Crippen molar-refractivity contribution < 1.29 is 17.1 Å². The summed E-state index contributed by atoms with van der Waals surface area (Å²) in [6, 6.07) is 37.5. The number of nitrogens with zero attached hydrogens (tertiary/aromatic N) is 1. The number of hydrogen-bond acceptors (Lipinski definition) is 1. The van der Waals surface area contributed by atoms with E-state index in [9.17, 15) is 0 Å². The van der Waals surface area contributed by atoms with Crippen LogP contribution in [0.15, 0.2) is 103 Å². The molecular formula is C30H37FeNP2-6. The molecule has 1 unspecified atom stereocenters. The van der Waals surface area contributed by atoms with Gasteiger partial charge in [-0.1, -0.05) is 74.5 Å². The van der Waals surface area contributed by atoms with Crippen LogP contribution in [0.1, 0.15) is 32.4 Å². The van der Waals surface area contributed by atoms with Crippen molar-refractivity contribution in [2.75, 3.05) is 26.4 Å². The van der Waals surface area contributed by atoms with E-state index in [2.05, 4.69) is 113 Å². The van der Waals surface area contributed by atoms with Gasteiger partial charge < -0.3 is 35.2 Å². The molecule has 0 aliphatic rings. The van der Waals surface area contributed by atoms with Crippen LogP contribution in [0, 0.1) is 0 Å². The molecule has 0 saturated heterocycles. The van der Waals surface area contributed by atoms with Gasteiger partial charge in [0.2, 0.25) is 0 Å². The SMILES string of the molecule is CCP(CC)[c-]1c(C(C)N(C)C)ccc1P(c1ccccc1)c1ccccc1.[Fe].[cH-]1[cH-][cH-][cH-][cH-]1. The van der Waals surface area contributed by atoms with Gasteiger partial charge in [-0.25, -0.2) is 12.1 Å².